The van der Waals surface area contributed by atoms with Crippen LogP contribution in [0.15, 0.2) is 46.9 Å². The fraction of sp³-hybridized carbons (Fsp3) is 0. The van der Waals surface area contributed by atoms with Gasteiger partial charge in [-0.3, -0.25) is 10.1 Å². The molecule has 0 saturated heterocycles. The highest BCUT2D eigenvalue weighted by molar-refractivity contribution is 5.78. The van der Waals surface area contributed by atoms with E-state index in [1.165, 1.54) is 30.3 Å². The second-order valence-corrected chi connectivity index (χ2v) is 3.91. The minimum absolute atomic E-state index is 0.0938. The first kappa shape index (κ1) is 11.3. The molecule has 0 spiro atoms. The Balaban J connectivity index is 2.17. The molecule has 19 heavy (non-hydrogen) atoms. The number of nitro groups is 1. The highest BCUT2D eigenvalue weighted by atomic mass is 19.1. The van der Waals surface area contributed by atoms with Crippen molar-refractivity contribution in [3.63, 3.8) is 0 Å². The summed E-state index contributed by atoms with van der Waals surface area (Å²) in [6, 6.07) is 10.1. The molecule has 5 nitrogen and oxygen atoms in total. The lowest BCUT2D eigenvalue weighted by molar-refractivity contribution is -0.384. The molecular formula is C13H7FN2O3. The largest absolute Gasteiger partial charge is 0.436 e. The van der Waals surface area contributed by atoms with Crippen molar-refractivity contribution in [3.8, 4) is 11.5 Å². The summed E-state index contributed by atoms with van der Waals surface area (Å²) in [5.41, 5.74) is 0.835. The van der Waals surface area contributed by atoms with Gasteiger partial charge in [-0.05, 0) is 18.2 Å². The van der Waals surface area contributed by atoms with Crippen LogP contribution in [0, 0.1) is 15.9 Å². The standard InChI is InChI=1S/C13H7FN2O3/c14-10-4-2-1-3-9(10)13-15-11-6-5-8(16(17)18)7-12(11)19-13/h1-7H. The van der Waals surface area contributed by atoms with E-state index in [4.69, 9.17) is 4.42 Å². The Morgan fingerprint density at radius 2 is 2.00 bits per heavy atom. The number of fused-ring (bicyclic) bond motifs is 1. The number of benzene rings is 2. The van der Waals surface area contributed by atoms with Gasteiger partial charge in [-0.2, -0.15) is 0 Å². The number of aromatic nitrogens is 1. The van der Waals surface area contributed by atoms with Crippen LogP contribution in [-0.2, 0) is 0 Å². The molecule has 0 fully saturated rings. The van der Waals surface area contributed by atoms with E-state index in [9.17, 15) is 14.5 Å². The van der Waals surface area contributed by atoms with E-state index in [0.29, 0.717) is 5.52 Å². The molecule has 0 aliphatic carbocycles. The Kier molecular flexibility index (Phi) is 2.49. The van der Waals surface area contributed by atoms with Crippen LogP contribution in [0.4, 0.5) is 10.1 Å². The van der Waals surface area contributed by atoms with Gasteiger partial charge in [-0.15, -0.1) is 0 Å². The normalized spacial score (nSPS) is 10.8. The Morgan fingerprint density at radius 1 is 1.21 bits per heavy atom. The van der Waals surface area contributed by atoms with Gasteiger partial charge < -0.3 is 4.42 Å². The first-order valence-corrected chi connectivity index (χ1v) is 5.45. The van der Waals surface area contributed by atoms with Gasteiger partial charge >= 0.3 is 0 Å². The second kappa shape index (κ2) is 4.16. The average Bonchev–Trinajstić information content (AvgIpc) is 2.81. The summed E-state index contributed by atoms with van der Waals surface area (Å²) in [5.74, 6) is -0.350. The van der Waals surface area contributed by atoms with Gasteiger partial charge in [0.05, 0.1) is 16.6 Å². The van der Waals surface area contributed by atoms with Crippen LogP contribution < -0.4 is 0 Å². The lowest BCUT2D eigenvalue weighted by Gasteiger charge is -1.95. The lowest BCUT2D eigenvalue weighted by Crippen LogP contribution is -1.86. The molecule has 1 aromatic heterocycles. The number of halogens is 1. The zero-order chi connectivity index (χ0) is 13.4. The highest BCUT2D eigenvalue weighted by Crippen LogP contribution is 2.28. The van der Waals surface area contributed by atoms with Crippen LogP contribution >= 0.6 is 0 Å². The van der Waals surface area contributed by atoms with Crippen LogP contribution in [0.5, 0.6) is 0 Å². The molecule has 0 saturated carbocycles. The predicted molar refractivity (Wildman–Crippen MR) is 66.1 cm³/mol. The van der Waals surface area contributed by atoms with Gasteiger partial charge in [0.1, 0.15) is 11.3 Å². The molecule has 2 aromatic carbocycles. The Morgan fingerprint density at radius 3 is 2.74 bits per heavy atom. The van der Waals surface area contributed by atoms with E-state index in [1.807, 2.05) is 0 Å². The van der Waals surface area contributed by atoms with E-state index in [2.05, 4.69) is 4.98 Å². The first-order chi connectivity index (χ1) is 9.15. The quantitative estimate of drug-likeness (QED) is 0.520. The van der Waals surface area contributed by atoms with Gasteiger partial charge in [-0.1, -0.05) is 12.1 Å². The van der Waals surface area contributed by atoms with Crippen molar-refractivity contribution < 1.29 is 13.7 Å². The molecule has 94 valence electrons. The molecule has 3 rings (SSSR count). The van der Waals surface area contributed by atoms with Crippen molar-refractivity contribution in [2.24, 2.45) is 0 Å². The molecule has 1 heterocycles. The average molecular weight is 258 g/mol. The summed E-state index contributed by atoms with van der Waals surface area (Å²) in [6.45, 7) is 0. The molecular weight excluding hydrogens is 251 g/mol. The SMILES string of the molecule is O=[N+]([O-])c1ccc2nc(-c3ccccc3F)oc2c1. The van der Waals surface area contributed by atoms with Crippen LogP contribution in [0.25, 0.3) is 22.6 Å². The molecule has 0 aliphatic heterocycles. The van der Waals surface area contributed by atoms with Crippen molar-refractivity contribution in [2.45, 2.75) is 0 Å². The van der Waals surface area contributed by atoms with Crippen LogP contribution in [0.3, 0.4) is 0 Å². The number of rotatable bonds is 2. The molecule has 0 atom stereocenters. The molecule has 0 unspecified atom stereocenters. The van der Waals surface area contributed by atoms with E-state index in [-0.39, 0.29) is 22.7 Å². The van der Waals surface area contributed by atoms with Crippen molar-refractivity contribution in [1.82, 2.24) is 4.98 Å². The number of hydrogen-bond acceptors (Lipinski definition) is 4. The summed E-state index contributed by atoms with van der Waals surface area (Å²) in [5, 5.41) is 10.7. The van der Waals surface area contributed by atoms with Crippen LogP contribution in [0.1, 0.15) is 0 Å². The third-order valence-corrected chi connectivity index (χ3v) is 2.69. The van der Waals surface area contributed by atoms with E-state index < -0.39 is 10.7 Å². The maximum atomic E-state index is 13.6. The third kappa shape index (κ3) is 1.93. The van der Waals surface area contributed by atoms with Crippen molar-refractivity contribution in [1.29, 1.82) is 0 Å². The highest BCUT2D eigenvalue weighted by Gasteiger charge is 2.14. The number of non-ortho nitro benzene ring substituents is 1. The van der Waals surface area contributed by atoms with Gasteiger partial charge in [-0.25, -0.2) is 9.37 Å². The van der Waals surface area contributed by atoms with Gasteiger partial charge in [0.15, 0.2) is 5.58 Å². The molecule has 0 N–H and O–H groups in total. The number of nitro benzene ring substituents is 1. The van der Waals surface area contributed by atoms with Crippen LogP contribution in [-0.4, -0.2) is 9.91 Å². The summed E-state index contributed by atoms with van der Waals surface area (Å²) in [4.78, 5) is 14.3. The predicted octanol–water partition coefficient (Wildman–Crippen LogP) is 3.54. The number of nitrogens with zero attached hydrogens (tertiary/aromatic N) is 2. The minimum atomic E-state index is -0.523. The number of hydrogen-bond donors (Lipinski definition) is 0. The Hall–Kier alpha value is -2.76. The van der Waals surface area contributed by atoms with Gasteiger partial charge in [0, 0.05) is 6.07 Å². The maximum absolute atomic E-state index is 13.6. The molecule has 0 radical (unpaired) electrons. The van der Waals surface area contributed by atoms with Crippen molar-refractivity contribution >= 4 is 16.8 Å². The van der Waals surface area contributed by atoms with Crippen molar-refractivity contribution in [2.75, 3.05) is 0 Å². The van der Waals surface area contributed by atoms with Gasteiger partial charge in [0.25, 0.3) is 5.69 Å². The first-order valence-electron chi connectivity index (χ1n) is 5.45. The molecule has 0 aliphatic rings. The number of oxazole rings is 1. The van der Waals surface area contributed by atoms with E-state index in [0.717, 1.165) is 0 Å². The lowest BCUT2D eigenvalue weighted by atomic mass is 10.2. The molecule has 0 bridgehead atoms. The zero-order valence-electron chi connectivity index (χ0n) is 9.54. The van der Waals surface area contributed by atoms with Gasteiger partial charge in [0.2, 0.25) is 5.89 Å². The zero-order valence-corrected chi connectivity index (χ0v) is 9.54. The fourth-order valence-electron chi connectivity index (χ4n) is 1.78. The Labute approximate surface area is 106 Å². The van der Waals surface area contributed by atoms with E-state index >= 15 is 0 Å². The minimum Gasteiger partial charge on any atom is -0.436 e. The third-order valence-electron chi connectivity index (χ3n) is 2.69. The maximum Gasteiger partial charge on any atom is 0.273 e. The van der Waals surface area contributed by atoms with Crippen LogP contribution in [0.2, 0.25) is 0 Å². The summed E-state index contributed by atoms with van der Waals surface area (Å²) < 4.78 is 19.0. The second-order valence-electron chi connectivity index (χ2n) is 3.91. The monoisotopic (exact) mass is 258 g/mol. The molecule has 3 aromatic rings. The summed E-state index contributed by atoms with van der Waals surface area (Å²) in [7, 11) is 0. The topological polar surface area (TPSA) is 69.2 Å². The smallest absolute Gasteiger partial charge is 0.273 e. The fourth-order valence-corrected chi connectivity index (χ4v) is 1.78. The molecule has 6 heteroatoms. The summed E-state index contributed by atoms with van der Waals surface area (Å²) >= 11 is 0. The Bertz CT molecular complexity index is 782. The van der Waals surface area contributed by atoms with E-state index in [1.54, 1.807) is 12.1 Å². The summed E-state index contributed by atoms with van der Waals surface area (Å²) in [6.07, 6.45) is 0. The molecule has 0 amide bonds. The van der Waals surface area contributed by atoms with Crippen molar-refractivity contribution in [3.05, 3.63) is 58.4 Å².